The normalized spacial score (nSPS) is 15.6. The molecule has 0 amide bonds. The van der Waals surface area contributed by atoms with Gasteiger partial charge in [0, 0.05) is 11.6 Å². The number of thiazole rings is 2. The van der Waals surface area contributed by atoms with Crippen molar-refractivity contribution in [2.45, 2.75) is 73.1 Å². The lowest BCUT2D eigenvalue weighted by Gasteiger charge is -2.21. The Bertz CT molecular complexity index is 1480. The first-order chi connectivity index (χ1) is 16.9. The summed E-state index contributed by atoms with van der Waals surface area (Å²) in [5.74, 6) is 0. The number of hydrogen-bond donors (Lipinski definition) is 2. The Hall–Kier alpha value is -1.96. The molecule has 0 aliphatic heterocycles. The third-order valence-electron chi connectivity index (χ3n) is 5.38. The maximum atomic E-state index is 12.3. The second-order valence-corrected chi connectivity index (χ2v) is 15.5. The number of rotatable bonds is 5. The number of nitrogens with zero attached hydrogens (tertiary/aromatic N) is 2. The molecule has 0 bridgehead atoms. The monoisotopic (exact) mass is 566 g/mol. The minimum absolute atomic E-state index is 0.0748. The van der Waals surface area contributed by atoms with E-state index in [-0.39, 0.29) is 14.7 Å². The van der Waals surface area contributed by atoms with Crippen LogP contribution in [-0.2, 0) is 20.0 Å². The SMILES string of the molecule is CC(C)(C)NS(=O)(=O)c1nc2ccccc2s1.O=S(=O)(NC1CCCCC1)c1nc2ccccc2s1. The Labute approximate surface area is 220 Å². The number of sulfonamides is 2. The van der Waals surface area contributed by atoms with Crippen molar-refractivity contribution in [3.05, 3.63) is 48.5 Å². The molecule has 2 aromatic carbocycles. The molecule has 36 heavy (non-hydrogen) atoms. The Kier molecular flexibility index (Phi) is 8.13. The van der Waals surface area contributed by atoms with Crippen LogP contribution in [-0.4, -0.2) is 38.4 Å². The first kappa shape index (κ1) is 27.1. The van der Waals surface area contributed by atoms with Gasteiger partial charge in [-0.15, -0.1) is 22.7 Å². The molecular weight excluding hydrogens is 537 g/mol. The minimum Gasteiger partial charge on any atom is -0.224 e. The van der Waals surface area contributed by atoms with Gasteiger partial charge in [0.05, 0.1) is 20.4 Å². The van der Waals surface area contributed by atoms with E-state index >= 15 is 0 Å². The number of nitrogens with one attached hydrogen (secondary N) is 2. The number of aromatic nitrogens is 2. The van der Waals surface area contributed by atoms with Crippen LogP contribution in [0.5, 0.6) is 0 Å². The molecule has 0 radical (unpaired) electrons. The zero-order valence-electron chi connectivity index (χ0n) is 20.4. The smallest absolute Gasteiger partial charge is 0.224 e. The summed E-state index contributed by atoms with van der Waals surface area (Å²) in [6.07, 6.45) is 5.29. The summed E-state index contributed by atoms with van der Waals surface area (Å²) in [6.45, 7) is 5.41. The predicted octanol–water partition coefficient (Wildman–Crippen LogP) is 5.28. The van der Waals surface area contributed by atoms with E-state index in [2.05, 4.69) is 19.4 Å². The van der Waals surface area contributed by atoms with Gasteiger partial charge in [0.2, 0.25) is 8.68 Å². The molecule has 0 spiro atoms. The maximum absolute atomic E-state index is 12.3. The number of benzene rings is 2. The van der Waals surface area contributed by atoms with Gasteiger partial charge < -0.3 is 0 Å². The summed E-state index contributed by atoms with van der Waals surface area (Å²) < 4.78 is 56.2. The quantitative estimate of drug-likeness (QED) is 0.339. The van der Waals surface area contributed by atoms with Crippen molar-refractivity contribution < 1.29 is 16.8 Å². The highest BCUT2D eigenvalue weighted by atomic mass is 32.3. The molecule has 5 rings (SSSR count). The zero-order chi connectivity index (χ0) is 26.0. The molecule has 1 aliphatic rings. The van der Waals surface area contributed by atoms with Crippen molar-refractivity contribution in [1.82, 2.24) is 19.4 Å². The fourth-order valence-electron chi connectivity index (χ4n) is 3.87. The molecule has 12 heteroatoms. The van der Waals surface area contributed by atoms with Crippen LogP contribution in [0.4, 0.5) is 0 Å². The molecule has 8 nitrogen and oxygen atoms in total. The van der Waals surface area contributed by atoms with Gasteiger partial charge in [0.25, 0.3) is 20.0 Å². The van der Waals surface area contributed by atoms with Crippen LogP contribution in [0.25, 0.3) is 20.4 Å². The third-order valence-corrected chi connectivity index (χ3v) is 11.5. The van der Waals surface area contributed by atoms with E-state index in [1.165, 1.54) is 29.1 Å². The van der Waals surface area contributed by atoms with Crippen molar-refractivity contribution in [2.75, 3.05) is 0 Å². The molecule has 194 valence electrons. The van der Waals surface area contributed by atoms with Gasteiger partial charge in [-0.05, 0) is 57.9 Å². The van der Waals surface area contributed by atoms with Crippen molar-refractivity contribution in [3.8, 4) is 0 Å². The number of hydrogen-bond acceptors (Lipinski definition) is 8. The van der Waals surface area contributed by atoms with Crippen molar-refractivity contribution >= 4 is 63.2 Å². The van der Waals surface area contributed by atoms with E-state index in [1.807, 2.05) is 48.5 Å². The van der Waals surface area contributed by atoms with Gasteiger partial charge in [0.1, 0.15) is 0 Å². The summed E-state index contributed by atoms with van der Waals surface area (Å²) in [4.78, 5) is 8.35. The summed E-state index contributed by atoms with van der Waals surface area (Å²) in [5, 5.41) is 0. The van der Waals surface area contributed by atoms with Crippen LogP contribution < -0.4 is 9.44 Å². The third kappa shape index (κ3) is 6.87. The second-order valence-electron chi connectivity index (χ2n) is 9.71. The van der Waals surface area contributed by atoms with Crippen molar-refractivity contribution in [1.29, 1.82) is 0 Å². The summed E-state index contributed by atoms with van der Waals surface area (Å²) in [5.41, 5.74) is 0.958. The lowest BCUT2D eigenvalue weighted by atomic mass is 9.96. The van der Waals surface area contributed by atoms with Gasteiger partial charge in [0.15, 0.2) is 0 Å². The summed E-state index contributed by atoms with van der Waals surface area (Å²) >= 11 is 2.41. The highest BCUT2D eigenvalue weighted by Gasteiger charge is 2.26. The van der Waals surface area contributed by atoms with Gasteiger partial charge in [-0.1, -0.05) is 43.5 Å². The largest absolute Gasteiger partial charge is 0.268 e. The Morgan fingerprint density at radius 3 is 1.69 bits per heavy atom. The van der Waals surface area contributed by atoms with E-state index in [9.17, 15) is 16.8 Å². The highest BCUT2D eigenvalue weighted by Crippen LogP contribution is 2.27. The molecule has 1 aliphatic carbocycles. The zero-order valence-corrected chi connectivity index (χ0v) is 23.7. The van der Waals surface area contributed by atoms with Crippen molar-refractivity contribution in [2.24, 2.45) is 0 Å². The fraction of sp³-hybridized carbons (Fsp3) is 0.417. The second kappa shape index (κ2) is 10.8. The molecular formula is C24H30N4O4S4. The van der Waals surface area contributed by atoms with E-state index < -0.39 is 25.6 Å². The molecule has 0 saturated heterocycles. The molecule has 2 N–H and O–H groups in total. The first-order valence-electron chi connectivity index (χ1n) is 11.7. The molecule has 0 unspecified atom stereocenters. The standard InChI is InChI=1S/C13H16N2O2S2.C11H14N2O2S2/c16-19(17,15-10-6-2-1-3-7-10)13-14-11-8-4-5-9-12(11)18-13;1-11(2,3)13-17(14,15)10-12-8-6-4-5-7-9(8)16-10/h4-5,8-10,15H,1-3,6-7H2;4-7,13H,1-3H3. The molecule has 0 atom stereocenters. The Morgan fingerprint density at radius 2 is 1.22 bits per heavy atom. The van der Waals surface area contributed by atoms with Gasteiger partial charge in [-0.3, -0.25) is 0 Å². The Balaban J connectivity index is 0.000000170. The van der Waals surface area contributed by atoms with Gasteiger partial charge >= 0.3 is 0 Å². The van der Waals surface area contributed by atoms with Gasteiger partial charge in [-0.2, -0.15) is 0 Å². The van der Waals surface area contributed by atoms with Crippen LogP contribution in [0.2, 0.25) is 0 Å². The fourth-order valence-corrected chi connectivity index (χ4v) is 9.05. The topological polar surface area (TPSA) is 118 Å². The van der Waals surface area contributed by atoms with Crippen LogP contribution in [0.3, 0.4) is 0 Å². The Morgan fingerprint density at radius 1 is 0.750 bits per heavy atom. The van der Waals surface area contributed by atoms with Crippen LogP contribution >= 0.6 is 22.7 Å². The number of para-hydroxylation sites is 2. The minimum atomic E-state index is -3.52. The molecule has 4 aromatic rings. The summed E-state index contributed by atoms with van der Waals surface area (Å²) in [6, 6.07) is 15.0. The molecule has 1 fully saturated rings. The average Bonchev–Trinajstić information content (AvgIpc) is 3.44. The van der Waals surface area contributed by atoms with E-state index in [0.29, 0.717) is 5.52 Å². The van der Waals surface area contributed by atoms with E-state index in [1.54, 1.807) is 20.8 Å². The van der Waals surface area contributed by atoms with Crippen molar-refractivity contribution in [3.63, 3.8) is 0 Å². The molecule has 2 aromatic heterocycles. The lowest BCUT2D eigenvalue weighted by Crippen LogP contribution is -2.40. The van der Waals surface area contributed by atoms with Gasteiger partial charge in [-0.25, -0.2) is 36.2 Å². The summed E-state index contributed by atoms with van der Waals surface area (Å²) in [7, 11) is -6.99. The van der Waals surface area contributed by atoms with E-state index in [4.69, 9.17) is 0 Å². The van der Waals surface area contributed by atoms with Crippen LogP contribution in [0.1, 0.15) is 52.9 Å². The molecule has 1 saturated carbocycles. The predicted molar refractivity (Wildman–Crippen MR) is 147 cm³/mol. The maximum Gasteiger partial charge on any atom is 0.268 e. The molecule has 2 heterocycles. The lowest BCUT2D eigenvalue weighted by molar-refractivity contribution is 0.412. The van der Waals surface area contributed by atoms with Crippen LogP contribution in [0, 0.1) is 0 Å². The average molecular weight is 567 g/mol. The first-order valence-corrected chi connectivity index (χ1v) is 16.3. The van der Waals surface area contributed by atoms with Crippen LogP contribution in [0.15, 0.2) is 57.2 Å². The highest BCUT2D eigenvalue weighted by molar-refractivity contribution is 7.92. The van der Waals surface area contributed by atoms with E-state index in [0.717, 1.165) is 40.6 Å². The number of fused-ring (bicyclic) bond motifs is 2.